The van der Waals surface area contributed by atoms with Gasteiger partial charge in [-0.05, 0) is 17.7 Å². The molecule has 0 bridgehead atoms. The number of carbonyl (C=O) groups is 2. The lowest BCUT2D eigenvalue weighted by atomic mass is 9.95. The first kappa shape index (κ1) is 17.4. The summed E-state index contributed by atoms with van der Waals surface area (Å²) in [5.41, 5.74) is 1.39. The summed E-state index contributed by atoms with van der Waals surface area (Å²) in [5, 5.41) is 1.78. The minimum absolute atomic E-state index is 0.0673. The molecule has 5 heteroatoms. The third-order valence-electron chi connectivity index (χ3n) is 3.54. The highest BCUT2D eigenvalue weighted by Gasteiger charge is 2.35. The first-order chi connectivity index (χ1) is 11.0. The Balaban J connectivity index is 2.37. The van der Waals surface area contributed by atoms with Crippen LogP contribution in [0.25, 0.3) is 0 Å². The predicted molar refractivity (Wildman–Crippen MR) is 91.1 cm³/mol. The van der Waals surface area contributed by atoms with Crippen molar-refractivity contribution in [1.29, 1.82) is 0 Å². The number of rotatable bonds is 6. The van der Waals surface area contributed by atoms with Crippen molar-refractivity contribution in [1.82, 2.24) is 0 Å². The number of benzene rings is 2. The lowest BCUT2D eigenvalue weighted by molar-refractivity contribution is -0.657. The molecule has 2 atom stereocenters. The summed E-state index contributed by atoms with van der Waals surface area (Å²) < 4.78 is 6.39. The van der Waals surface area contributed by atoms with Crippen LogP contribution in [0.15, 0.2) is 59.1 Å². The van der Waals surface area contributed by atoms with E-state index in [0.717, 1.165) is 10.0 Å². The number of ether oxygens (including phenoxy) is 1. The van der Waals surface area contributed by atoms with Crippen molar-refractivity contribution in [2.75, 3.05) is 7.05 Å². The molecular weight excluding hydrogens is 358 g/mol. The molecule has 0 aliphatic carbocycles. The number of ketones is 1. The van der Waals surface area contributed by atoms with Crippen LogP contribution in [0.3, 0.4) is 0 Å². The molecule has 0 aliphatic rings. The van der Waals surface area contributed by atoms with E-state index < -0.39 is 18.1 Å². The molecule has 0 spiro atoms. The highest BCUT2D eigenvalue weighted by molar-refractivity contribution is 9.10. The van der Waals surface area contributed by atoms with Gasteiger partial charge in [0.2, 0.25) is 5.78 Å². The van der Waals surface area contributed by atoms with Gasteiger partial charge in [0.15, 0.2) is 12.1 Å². The van der Waals surface area contributed by atoms with Crippen LogP contribution in [0.2, 0.25) is 0 Å². The minimum atomic E-state index is -0.640. The highest BCUT2D eigenvalue weighted by atomic mass is 79.9. The Bertz CT molecular complexity index is 670. The predicted octanol–water partition coefficient (Wildman–Crippen LogP) is 2.50. The quantitative estimate of drug-likeness (QED) is 0.622. The Kier molecular flexibility index (Phi) is 6.07. The average Bonchev–Trinajstić information content (AvgIpc) is 2.55. The lowest BCUT2D eigenvalue weighted by Gasteiger charge is -2.23. The van der Waals surface area contributed by atoms with Crippen LogP contribution in [0, 0.1) is 0 Å². The first-order valence-corrected chi connectivity index (χ1v) is 8.13. The van der Waals surface area contributed by atoms with Crippen LogP contribution in [0.4, 0.5) is 0 Å². The molecule has 0 fully saturated rings. The fraction of sp³-hybridized carbons (Fsp3) is 0.222. The zero-order valence-electron chi connectivity index (χ0n) is 13.0. The number of likely N-dealkylation sites (N-methyl/N-ethyl adjacent to an activating group) is 1. The molecule has 0 amide bonds. The van der Waals surface area contributed by atoms with E-state index >= 15 is 0 Å². The Morgan fingerprint density at radius 3 is 2.17 bits per heavy atom. The van der Waals surface area contributed by atoms with Crippen molar-refractivity contribution < 1.29 is 19.6 Å². The van der Waals surface area contributed by atoms with Gasteiger partial charge in [-0.1, -0.05) is 58.4 Å². The molecule has 23 heavy (non-hydrogen) atoms. The topological polar surface area (TPSA) is 60.0 Å². The highest BCUT2D eigenvalue weighted by Crippen LogP contribution is 2.24. The number of hydrogen-bond donors (Lipinski definition) is 1. The van der Waals surface area contributed by atoms with Crippen LogP contribution < -0.4 is 5.32 Å². The molecule has 120 valence electrons. The largest absolute Gasteiger partial charge is 0.451 e. The molecule has 2 rings (SSSR count). The molecule has 0 saturated carbocycles. The Morgan fingerprint density at radius 1 is 1.04 bits per heavy atom. The monoisotopic (exact) mass is 376 g/mol. The normalized spacial score (nSPS) is 13.2. The van der Waals surface area contributed by atoms with Gasteiger partial charge in [-0.3, -0.25) is 9.59 Å². The summed E-state index contributed by atoms with van der Waals surface area (Å²) in [4.78, 5) is 24.3. The minimum Gasteiger partial charge on any atom is -0.451 e. The molecule has 2 N–H and O–H groups in total. The van der Waals surface area contributed by atoms with Crippen molar-refractivity contribution in [3.63, 3.8) is 0 Å². The fourth-order valence-corrected chi connectivity index (χ4v) is 2.70. The number of halogens is 1. The molecule has 0 heterocycles. The third-order valence-corrected chi connectivity index (χ3v) is 4.07. The van der Waals surface area contributed by atoms with E-state index in [1.54, 1.807) is 24.5 Å². The molecule has 0 aromatic heterocycles. The number of carbonyl (C=O) groups excluding carboxylic acids is 2. The molecule has 0 radical (unpaired) electrons. The van der Waals surface area contributed by atoms with Crippen LogP contribution in [-0.4, -0.2) is 24.8 Å². The van der Waals surface area contributed by atoms with E-state index in [9.17, 15) is 9.59 Å². The number of esters is 1. The van der Waals surface area contributed by atoms with Gasteiger partial charge in [-0.15, -0.1) is 0 Å². The van der Waals surface area contributed by atoms with Crippen molar-refractivity contribution in [3.8, 4) is 0 Å². The van der Waals surface area contributed by atoms with Crippen molar-refractivity contribution in [2.24, 2.45) is 0 Å². The zero-order valence-corrected chi connectivity index (χ0v) is 14.6. The van der Waals surface area contributed by atoms with Gasteiger partial charge < -0.3 is 10.1 Å². The van der Waals surface area contributed by atoms with Crippen molar-refractivity contribution in [3.05, 3.63) is 70.2 Å². The number of hydrogen-bond acceptors (Lipinski definition) is 3. The summed E-state index contributed by atoms with van der Waals surface area (Å²) in [6, 6.07) is 15.9. The first-order valence-electron chi connectivity index (χ1n) is 7.34. The number of quaternary nitrogens is 1. The second-order valence-corrected chi connectivity index (χ2v) is 6.09. The van der Waals surface area contributed by atoms with Gasteiger partial charge in [0.1, 0.15) is 0 Å². The van der Waals surface area contributed by atoms with E-state index in [4.69, 9.17) is 4.74 Å². The van der Waals surface area contributed by atoms with Gasteiger partial charge >= 0.3 is 5.97 Å². The van der Waals surface area contributed by atoms with E-state index in [1.807, 2.05) is 42.5 Å². The summed E-state index contributed by atoms with van der Waals surface area (Å²) in [6.45, 7) is 1.35. The van der Waals surface area contributed by atoms with E-state index in [-0.39, 0.29) is 5.78 Å². The van der Waals surface area contributed by atoms with Crippen molar-refractivity contribution >= 4 is 27.7 Å². The molecule has 2 aromatic rings. The van der Waals surface area contributed by atoms with Gasteiger partial charge in [-0.25, -0.2) is 0 Å². The van der Waals surface area contributed by atoms with Crippen molar-refractivity contribution in [2.45, 2.75) is 19.1 Å². The van der Waals surface area contributed by atoms with E-state index in [1.165, 1.54) is 6.92 Å². The summed E-state index contributed by atoms with van der Waals surface area (Å²) in [6.07, 6.45) is -0.640. The molecule has 0 saturated heterocycles. The van der Waals surface area contributed by atoms with Gasteiger partial charge in [0.05, 0.1) is 7.05 Å². The van der Waals surface area contributed by atoms with Gasteiger partial charge in [0, 0.05) is 17.0 Å². The van der Waals surface area contributed by atoms with E-state index in [2.05, 4.69) is 15.9 Å². The molecule has 2 aromatic carbocycles. The third kappa shape index (κ3) is 4.50. The Labute approximate surface area is 144 Å². The average molecular weight is 377 g/mol. The number of Topliss-reactive ketones (excluding diaryl/α,β-unsaturated/α-hetero) is 1. The molecule has 0 unspecified atom stereocenters. The van der Waals surface area contributed by atoms with E-state index in [0.29, 0.717) is 5.56 Å². The zero-order chi connectivity index (χ0) is 16.8. The van der Waals surface area contributed by atoms with Crippen LogP contribution >= 0.6 is 15.9 Å². The smallest absolute Gasteiger partial charge is 0.303 e. The maximum atomic E-state index is 12.8. The molecule has 0 aliphatic heterocycles. The van der Waals surface area contributed by atoms with Gasteiger partial charge in [-0.2, -0.15) is 0 Å². The van der Waals surface area contributed by atoms with Crippen LogP contribution in [0.1, 0.15) is 28.9 Å². The fourth-order valence-electron chi connectivity index (χ4n) is 2.44. The van der Waals surface area contributed by atoms with Crippen LogP contribution in [-0.2, 0) is 9.53 Å². The second kappa shape index (κ2) is 8.04. The Hall–Kier alpha value is -1.98. The standard InChI is InChI=1S/C18H18BrNO3/c1-12(21)23-18(14-8-10-15(19)11-9-14)16(20-2)17(22)13-6-4-3-5-7-13/h3-11,16,18,20H,1-2H3/p+1/t16-,18-/m1/s1. The maximum absolute atomic E-state index is 12.8. The SMILES string of the molecule is C[NH2+][C@H](C(=O)c1ccccc1)[C@H](OC(C)=O)c1ccc(Br)cc1. The second-order valence-electron chi connectivity index (χ2n) is 5.17. The summed E-state index contributed by atoms with van der Waals surface area (Å²) in [5.74, 6) is -0.479. The summed E-state index contributed by atoms with van der Waals surface area (Å²) >= 11 is 3.38. The maximum Gasteiger partial charge on any atom is 0.303 e. The van der Waals surface area contributed by atoms with Gasteiger partial charge in [0.25, 0.3) is 0 Å². The molecular formula is C18H19BrNO3+. The number of nitrogens with two attached hydrogens (primary N) is 1. The lowest BCUT2D eigenvalue weighted by Crippen LogP contribution is -2.89. The molecule has 4 nitrogen and oxygen atoms in total. The van der Waals surface area contributed by atoms with Crippen LogP contribution in [0.5, 0.6) is 0 Å². The Morgan fingerprint density at radius 2 is 1.65 bits per heavy atom. The summed E-state index contributed by atoms with van der Waals surface area (Å²) in [7, 11) is 1.81.